The van der Waals surface area contributed by atoms with Crippen LogP contribution >= 0.6 is 11.6 Å². The molecule has 0 radical (unpaired) electrons. The first kappa shape index (κ1) is 11.1. The molecule has 1 heterocycles. The highest BCUT2D eigenvalue weighted by molar-refractivity contribution is 6.17. The van der Waals surface area contributed by atoms with Crippen molar-refractivity contribution in [2.45, 2.75) is 5.88 Å². The summed E-state index contributed by atoms with van der Waals surface area (Å²) in [5.41, 5.74) is 1.68. The lowest BCUT2D eigenvalue weighted by atomic mass is 10.2. The van der Waals surface area contributed by atoms with Gasteiger partial charge in [-0.15, -0.1) is 11.6 Å². The Balaban J connectivity index is 2.82. The highest BCUT2D eigenvalue weighted by atomic mass is 35.5. The maximum Gasteiger partial charge on any atom is 0.146 e. The van der Waals surface area contributed by atoms with Gasteiger partial charge in [-0.1, -0.05) is 0 Å². The molecule has 0 atom stereocenters. The van der Waals surface area contributed by atoms with Crippen LogP contribution < -0.4 is 9.47 Å². The van der Waals surface area contributed by atoms with Gasteiger partial charge in [0.05, 0.1) is 20.1 Å². The molecule has 0 fully saturated rings. The summed E-state index contributed by atoms with van der Waals surface area (Å²) in [6.07, 6.45) is 0. The maximum atomic E-state index is 5.83. The molecule has 1 aromatic heterocycles. The Labute approximate surface area is 98.7 Å². The third-order valence-corrected chi connectivity index (χ3v) is 2.84. The molecule has 1 aromatic carbocycles. The minimum atomic E-state index is 0.359. The van der Waals surface area contributed by atoms with Crippen molar-refractivity contribution in [3.05, 3.63) is 18.0 Å². The number of aromatic nitrogens is 2. The maximum absolute atomic E-state index is 5.83. The average Bonchev–Trinajstić information content (AvgIpc) is 2.66. The molecule has 0 saturated heterocycles. The molecule has 16 heavy (non-hydrogen) atoms. The van der Waals surface area contributed by atoms with E-state index in [1.165, 1.54) is 0 Å². The van der Waals surface area contributed by atoms with Gasteiger partial charge < -0.3 is 14.0 Å². The molecule has 0 N–H and O–H groups in total. The fourth-order valence-electron chi connectivity index (χ4n) is 1.76. The van der Waals surface area contributed by atoms with E-state index in [-0.39, 0.29) is 0 Å². The molecule has 2 rings (SSSR count). The van der Waals surface area contributed by atoms with Crippen LogP contribution in [0.4, 0.5) is 0 Å². The summed E-state index contributed by atoms with van der Waals surface area (Å²) in [5, 5.41) is 0. The third-order valence-electron chi connectivity index (χ3n) is 2.60. The van der Waals surface area contributed by atoms with Gasteiger partial charge in [0.2, 0.25) is 0 Å². The molecule has 0 unspecified atom stereocenters. The zero-order chi connectivity index (χ0) is 11.7. The molecule has 0 saturated carbocycles. The Bertz CT molecular complexity index is 522. The minimum absolute atomic E-state index is 0.359. The normalized spacial score (nSPS) is 10.8. The SMILES string of the molecule is COc1ccc(OC)c2c1nc(CCl)n2C. The van der Waals surface area contributed by atoms with Crippen LogP contribution in [0.25, 0.3) is 11.0 Å². The summed E-state index contributed by atoms with van der Waals surface area (Å²) in [5.74, 6) is 2.64. The van der Waals surface area contributed by atoms with E-state index < -0.39 is 0 Å². The lowest BCUT2D eigenvalue weighted by molar-refractivity contribution is 0.409. The van der Waals surface area contributed by atoms with Crippen LogP contribution in [0.2, 0.25) is 0 Å². The quantitative estimate of drug-likeness (QED) is 0.773. The monoisotopic (exact) mass is 240 g/mol. The van der Waals surface area contributed by atoms with E-state index in [0.29, 0.717) is 5.88 Å². The van der Waals surface area contributed by atoms with Crippen molar-refractivity contribution < 1.29 is 9.47 Å². The van der Waals surface area contributed by atoms with Gasteiger partial charge in [-0.05, 0) is 12.1 Å². The van der Waals surface area contributed by atoms with Crippen molar-refractivity contribution in [3.8, 4) is 11.5 Å². The Hall–Kier alpha value is -1.42. The summed E-state index contributed by atoms with van der Waals surface area (Å²) in [4.78, 5) is 4.44. The van der Waals surface area contributed by atoms with E-state index in [9.17, 15) is 0 Å². The summed E-state index contributed by atoms with van der Waals surface area (Å²) in [6, 6.07) is 3.70. The Morgan fingerprint density at radius 3 is 2.44 bits per heavy atom. The standard InChI is InChI=1S/C11H13ClN2O2/c1-14-9(6-12)13-10-7(15-2)4-5-8(16-3)11(10)14/h4-5H,6H2,1-3H3. The smallest absolute Gasteiger partial charge is 0.146 e. The molecule has 86 valence electrons. The molecule has 2 aromatic rings. The van der Waals surface area contributed by atoms with Gasteiger partial charge in [0.25, 0.3) is 0 Å². The first-order valence-corrected chi connectivity index (χ1v) is 5.38. The first-order valence-electron chi connectivity index (χ1n) is 4.85. The second kappa shape index (κ2) is 4.22. The van der Waals surface area contributed by atoms with Crippen LogP contribution in [0, 0.1) is 0 Å². The summed E-state index contributed by atoms with van der Waals surface area (Å²) < 4.78 is 12.5. The third kappa shape index (κ3) is 1.50. The predicted octanol–water partition coefficient (Wildman–Crippen LogP) is 2.33. The van der Waals surface area contributed by atoms with Crippen LogP contribution in [-0.4, -0.2) is 23.8 Å². The summed E-state index contributed by atoms with van der Waals surface area (Å²) in [7, 11) is 5.17. The van der Waals surface area contributed by atoms with Crippen molar-refractivity contribution in [1.82, 2.24) is 9.55 Å². The highest BCUT2D eigenvalue weighted by Crippen LogP contribution is 2.33. The van der Waals surface area contributed by atoms with Gasteiger partial charge in [0, 0.05) is 7.05 Å². The Morgan fingerprint density at radius 2 is 1.88 bits per heavy atom. The fourth-order valence-corrected chi connectivity index (χ4v) is 2.00. The molecular weight excluding hydrogens is 228 g/mol. The van der Waals surface area contributed by atoms with Crippen molar-refractivity contribution in [2.24, 2.45) is 7.05 Å². The molecule has 0 amide bonds. The van der Waals surface area contributed by atoms with Gasteiger partial charge in [-0.3, -0.25) is 0 Å². The van der Waals surface area contributed by atoms with E-state index in [4.69, 9.17) is 21.1 Å². The van der Waals surface area contributed by atoms with Gasteiger partial charge in [0.1, 0.15) is 28.4 Å². The topological polar surface area (TPSA) is 36.3 Å². The number of nitrogens with zero attached hydrogens (tertiary/aromatic N) is 2. The predicted molar refractivity (Wildman–Crippen MR) is 63.4 cm³/mol. The number of alkyl halides is 1. The Morgan fingerprint density at radius 1 is 1.25 bits per heavy atom. The summed E-state index contributed by atoms with van der Waals surface area (Å²) >= 11 is 5.83. The van der Waals surface area contributed by atoms with Crippen molar-refractivity contribution in [2.75, 3.05) is 14.2 Å². The van der Waals surface area contributed by atoms with E-state index >= 15 is 0 Å². The first-order chi connectivity index (χ1) is 7.72. The largest absolute Gasteiger partial charge is 0.494 e. The molecule has 0 aliphatic carbocycles. The van der Waals surface area contributed by atoms with Crippen molar-refractivity contribution in [1.29, 1.82) is 0 Å². The van der Waals surface area contributed by atoms with Crippen molar-refractivity contribution in [3.63, 3.8) is 0 Å². The zero-order valence-corrected chi connectivity index (χ0v) is 10.2. The number of fused-ring (bicyclic) bond motifs is 1. The van der Waals surface area contributed by atoms with Crippen LogP contribution in [0.5, 0.6) is 11.5 Å². The number of hydrogen-bond donors (Lipinski definition) is 0. The van der Waals surface area contributed by atoms with Crippen LogP contribution in [-0.2, 0) is 12.9 Å². The number of rotatable bonds is 3. The number of methoxy groups -OCH3 is 2. The number of imidazole rings is 1. The van der Waals surface area contributed by atoms with Crippen LogP contribution in [0.15, 0.2) is 12.1 Å². The number of benzene rings is 1. The molecule has 0 aliphatic heterocycles. The van der Waals surface area contributed by atoms with Gasteiger partial charge in [-0.2, -0.15) is 0 Å². The lowest BCUT2D eigenvalue weighted by Crippen LogP contribution is -1.96. The van der Waals surface area contributed by atoms with Gasteiger partial charge in [-0.25, -0.2) is 4.98 Å². The number of halogens is 1. The van der Waals surface area contributed by atoms with Gasteiger partial charge >= 0.3 is 0 Å². The fraction of sp³-hybridized carbons (Fsp3) is 0.364. The molecule has 0 bridgehead atoms. The van der Waals surface area contributed by atoms with Crippen LogP contribution in [0.3, 0.4) is 0 Å². The second-order valence-corrected chi connectivity index (χ2v) is 3.66. The zero-order valence-electron chi connectivity index (χ0n) is 9.45. The molecule has 0 aliphatic rings. The van der Waals surface area contributed by atoms with E-state index in [1.54, 1.807) is 14.2 Å². The minimum Gasteiger partial charge on any atom is -0.494 e. The highest BCUT2D eigenvalue weighted by Gasteiger charge is 2.15. The average molecular weight is 241 g/mol. The molecular formula is C11H13ClN2O2. The van der Waals surface area contributed by atoms with Crippen LogP contribution in [0.1, 0.15) is 5.82 Å². The number of aryl methyl sites for hydroxylation is 1. The van der Waals surface area contributed by atoms with Crippen molar-refractivity contribution >= 4 is 22.6 Å². The van der Waals surface area contributed by atoms with Gasteiger partial charge in [0.15, 0.2) is 0 Å². The van der Waals surface area contributed by atoms with E-state index in [1.807, 2.05) is 23.7 Å². The Kier molecular flexibility index (Phi) is 2.92. The summed E-state index contributed by atoms with van der Waals surface area (Å²) in [6.45, 7) is 0. The second-order valence-electron chi connectivity index (χ2n) is 3.39. The lowest BCUT2D eigenvalue weighted by Gasteiger charge is -2.06. The number of ether oxygens (including phenoxy) is 2. The van der Waals surface area contributed by atoms with E-state index in [2.05, 4.69) is 4.98 Å². The molecule has 4 nitrogen and oxygen atoms in total. The molecule has 0 spiro atoms. The number of hydrogen-bond acceptors (Lipinski definition) is 3. The molecule has 5 heteroatoms. The van der Waals surface area contributed by atoms with E-state index in [0.717, 1.165) is 28.4 Å².